The van der Waals surface area contributed by atoms with Crippen LogP contribution in [0, 0.1) is 13.8 Å². The van der Waals surface area contributed by atoms with E-state index in [1.54, 1.807) is 13.8 Å². The number of aromatic amines is 1. The number of para-hydroxylation sites is 1. The number of rotatable bonds is 7. The van der Waals surface area contributed by atoms with Crippen molar-refractivity contribution in [1.82, 2.24) is 9.88 Å². The first-order valence-electron chi connectivity index (χ1n) is 10.2. The van der Waals surface area contributed by atoms with Gasteiger partial charge in [0, 0.05) is 31.0 Å². The van der Waals surface area contributed by atoms with Gasteiger partial charge in [0.05, 0.1) is 24.9 Å². The number of aryl methyl sites for hydroxylation is 1. The first-order valence-corrected chi connectivity index (χ1v) is 10.2. The lowest BCUT2D eigenvalue weighted by atomic mass is 10.1. The van der Waals surface area contributed by atoms with Crippen LogP contribution in [0.5, 0.6) is 0 Å². The number of nitrogens with zero attached hydrogens (tertiary/aromatic N) is 2. The Labute approximate surface area is 172 Å². The van der Waals surface area contributed by atoms with Gasteiger partial charge in [-0.2, -0.15) is 0 Å². The molecule has 6 heteroatoms. The molecule has 1 aliphatic heterocycles. The van der Waals surface area contributed by atoms with Crippen LogP contribution in [0.3, 0.4) is 0 Å². The van der Waals surface area contributed by atoms with Crippen molar-refractivity contribution in [2.75, 3.05) is 38.7 Å². The fourth-order valence-corrected chi connectivity index (χ4v) is 4.20. The number of likely N-dealkylation sites (N-methyl/N-ethyl adjacent to an activating group) is 1. The predicted molar refractivity (Wildman–Crippen MR) is 115 cm³/mol. The maximum absolute atomic E-state index is 12.9. The highest BCUT2D eigenvalue weighted by Crippen LogP contribution is 2.25. The zero-order chi connectivity index (χ0) is 21.0. The number of anilines is 1. The van der Waals surface area contributed by atoms with E-state index >= 15 is 0 Å². The molecule has 0 aliphatic carbocycles. The van der Waals surface area contributed by atoms with E-state index in [-0.39, 0.29) is 12.3 Å². The monoisotopic (exact) mass is 397 g/mol. The molecule has 1 aliphatic rings. The molecule has 0 bridgehead atoms. The van der Waals surface area contributed by atoms with Crippen molar-refractivity contribution in [3.63, 3.8) is 0 Å². The summed E-state index contributed by atoms with van der Waals surface area (Å²) in [6.45, 7) is 6.73. The number of piperidine rings is 1. The second-order valence-electron chi connectivity index (χ2n) is 7.89. The van der Waals surface area contributed by atoms with Crippen LogP contribution in [0.2, 0.25) is 0 Å². The highest BCUT2D eigenvalue weighted by atomic mass is 16.5. The maximum Gasteiger partial charge on any atom is 0.339 e. The van der Waals surface area contributed by atoms with E-state index in [0.717, 1.165) is 13.1 Å². The van der Waals surface area contributed by atoms with Crippen molar-refractivity contribution < 1.29 is 14.3 Å². The van der Waals surface area contributed by atoms with Gasteiger partial charge in [-0.1, -0.05) is 18.2 Å². The summed E-state index contributed by atoms with van der Waals surface area (Å²) in [5.41, 5.74) is 4.76. The summed E-state index contributed by atoms with van der Waals surface area (Å²) in [5.74, 6) is -0.446. The van der Waals surface area contributed by atoms with Crippen molar-refractivity contribution in [2.45, 2.75) is 39.7 Å². The Hall–Kier alpha value is -2.60. The summed E-state index contributed by atoms with van der Waals surface area (Å²) in [7, 11) is 3.31. The molecule has 0 saturated carbocycles. The third-order valence-corrected chi connectivity index (χ3v) is 5.65. The number of H-pyrrole nitrogens is 1. The van der Waals surface area contributed by atoms with Crippen molar-refractivity contribution in [3.8, 4) is 0 Å². The summed E-state index contributed by atoms with van der Waals surface area (Å²) >= 11 is 0. The number of ketones is 1. The average Bonchev–Trinajstić information content (AvgIpc) is 3.02. The molecule has 0 spiro atoms. The number of aromatic nitrogens is 1. The number of esters is 1. The van der Waals surface area contributed by atoms with Gasteiger partial charge in [-0.25, -0.2) is 4.79 Å². The number of carbonyl (C=O) groups is 2. The minimum absolute atomic E-state index is 0.0290. The van der Waals surface area contributed by atoms with Crippen LogP contribution in [0.15, 0.2) is 24.3 Å². The van der Waals surface area contributed by atoms with Crippen LogP contribution in [0.4, 0.5) is 5.69 Å². The average molecular weight is 398 g/mol. The van der Waals surface area contributed by atoms with E-state index in [2.05, 4.69) is 34.1 Å². The van der Waals surface area contributed by atoms with E-state index in [0.29, 0.717) is 29.1 Å². The molecule has 1 saturated heterocycles. The molecule has 1 aromatic carbocycles. The van der Waals surface area contributed by atoms with Crippen LogP contribution < -0.4 is 4.90 Å². The largest absolute Gasteiger partial charge is 0.465 e. The second kappa shape index (κ2) is 9.27. The van der Waals surface area contributed by atoms with Crippen molar-refractivity contribution in [1.29, 1.82) is 0 Å². The lowest BCUT2D eigenvalue weighted by Crippen LogP contribution is -2.32. The Kier molecular flexibility index (Phi) is 6.75. The summed E-state index contributed by atoms with van der Waals surface area (Å²) in [6, 6.07) is 8.46. The van der Waals surface area contributed by atoms with E-state index < -0.39 is 5.97 Å². The second-order valence-corrected chi connectivity index (χ2v) is 7.89. The molecule has 2 aromatic rings. The molecule has 0 unspecified atom stereocenters. The van der Waals surface area contributed by atoms with Gasteiger partial charge in [-0.3, -0.25) is 9.69 Å². The number of methoxy groups -OCH3 is 1. The first kappa shape index (κ1) is 21.1. The van der Waals surface area contributed by atoms with Gasteiger partial charge in [0.2, 0.25) is 0 Å². The van der Waals surface area contributed by atoms with Gasteiger partial charge in [0.1, 0.15) is 0 Å². The van der Waals surface area contributed by atoms with Gasteiger partial charge in [0.25, 0.3) is 0 Å². The number of nitrogens with one attached hydrogen (secondary N) is 1. The van der Waals surface area contributed by atoms with Crippen molar-refractivity contribution in [2.24, 2.45) is 0 Å². The lowest BCUT2D eigenvalue weighted by molar-refractivity contribution is 0.0599. The van der Waals surface area contributed by atoms with Crippen LogP contribution in [-0.2, 0) is 11.3 Å². The molecule has 1 aromatic heterocycles. The van der Waals surface area contributed by atoms with E-state index in [9.17, 15) is 9.59 Å². The molecular formula is C23H31N3O3. The number of hydrogen-bond donors (Lipinski definition) is 1. The molecule has 3 rings (SSSR count). The van der Waals surface area contributed by atoms with Gasteiger partial charge >= 0.3 is 5.97 Å². The minimum Gasteiger partial charge on any atom is -0.465 e. The van der Waals surface area contributed by atoms with E-state index in [1.165, 1.54) is 37.6 Å². The zero-order valence-electron chi connectivity index (χ0n) is 17.9. The Balaban J connectivity index is 1.71. The molecule has 0 atom stereocenters. The van der Waals surface area contributed by atoms with Gasteiger partial charge in [-0.05, 0) is 57.4 Å². The molecule has 0 amide bonds. The molecule has 1 fully saturated rings. The fourth-order valence-electron chi connectivity index (χ4n) is 4.20. The molecule has 2 heterocycles. The molecule has 6 nitrogen and oxygen atoms in total. The van der Waals surface area contributed by atoms with Crippen LogP contribution in [0.1, 0.15) is 56.9 Å². The highest BCUT2D eigenvalue weighted by Gasteiger charge is 2.23. The summed E-state index contributed by atoms with van der Waals surface area (Å²) in [4.78, 5) is 32.4. The fraction of sp³-hybridized carbons (Fsp3) is 0.478. The summed E-state index contributed by atoms with van der Waals surface area (Å²) in [6.07, 6.45) is 3.77. The van der Waals surface area contributed by atoms with E-state index in [1.807, 2.05) is 11.9 Å². The van der Waals surface area contributed by atoms with Crippen LogP contribution >= 0.6 is 0 Å². The normalized spacial score (nSPS) is 14.3. The SMILES string of the molecule is COC(=O)c1c(C)[nH]c(C(=O)CN(C)Cc2ccccc2N2CCCCC2)c1C. The topological polar surface area (TPSA) is 65.6 Å². The Morgan fingerprint density at radius 2 is 1.83 bits per heavy atom. The highest BCUT2D eigenvalue weighted by molar-refractivity contribution is 6.02. The van der Waals surface area contributed by atoms with E-state index in [4.69, 9.17) is 4.74 Å². The number of ether oxygens (including phenoxy) is 1. The van der Waals surface area contributed by atoms with Gasteiger partial charge in [0.15, 0.2) is 5.78 Å². The zero-order valence-corrected chi connectivity index (χ0v) is 17.9. The number of benzene rings is 1. The van der Waals surface area contributed by atoms with Crippen LogP contribution in [-0.4, -0.2) is 55.4 Å². The first-order chi connectivity index (χ1) is 13.9. The standard InChI is InChI=1S/C23H31N3O3/c1-16-21(23(28)29-4)17(2)24-22(16)20(27)15-25(3)14-18-10-6-7-11-19(18)26-12-8-5-9-13-26/h6-7,10-11,24H,5,8-9,12-15H2,1-4H3. The minimum atomic E-state index is -0.417. The quantitative estimate of drug-likeness (QED) is 0.570. The predicted octanol–water partition coefficient (Wildman–Crippen LogP) is 3.72. The van der Waals surface area contributed by atoms with Gasteiger partial charge < -0.3 is 14.6 Å². The summed E-state index contributed by atoms with van der Waals surface area (Å²) < 4.78 is 4.84. The molecule has 1 N–H and O–H groups in total. The number of carbonyl (C=O) groups excluding carboxylic acids is 2. The number of Topliss-reactive ketones (excluding diaryl/α,β-unsaturated/α-hetero) is 1. The molecule has 156 valence electrons. The van der Waals surface area contributed by atoms with Crippen molar-refractivity contribution >= 4 is 17.4 Å². The smallest absolute Gasteiger partial charge is 0.339 e. The third-order valence-electron chi connectivity index (χ3n) is 5.65. The third kappa shape index (κ3) is 4.70. The lowest BCUT2D eigenvalue weighted by Gasteiger charge is -2.31. The summed E-state index contributed by atoms with van der Waals surface area (Å²) in [5, 5.41) is 0. The Morgan fingerprint density at radius 1 is 1.14 bits per heavy atom. The molecule has 29 heavy (non-hydrogen) atoms. The maximum atomic E-state index is 12.9. The Bertz CT molecular complexity index is 881. The van der Waals surface area contributed by atoms with Crippen molar-refractivity contribution in [3.05, 3.63) is 52.3 Å². The Morgan fingerprint density at radius 3 is 2.52 bits per heavy atom. The molecule has 0 radical (unpaired) electrons. The van der Waals surface area contributed by atoms with Gasteiger partial charge in [-0.15, -0.1) is 0 Å². The van der Waals surface area contributed by atoms with Crippen LogP contribution in [0.25, 0.3) is 0 Å². The number of hydrogen-bond acceptors (Lipinski definition) is 5. The molecular weight excluding hydrogens is 366 g/mol.